The molecule has 0 spiro atoms. The standard InChI is InChI=1S/C38H19N3O2/c39-20-22-12-14-33-29(16-22)26-6-1-3-9-32(26)41(33)34-10-5-8-28-31-19-24(17-25(21-40)37(31)43-38(28)34)23-13-15-36-30(18-23)27-7-2-4-11-35(27)42-36/h1-19H. The molecule has 5 nitrogen and oxygen atoms in total. The van der Waals surface area contributed by atoms with Crippen LogP contribution in [0.5, 0.6) is 0 Å². The number of fused-ring (bicyclic) bond motifs is 9. The SMILES string of the molecule is N#Cc1ccc2c(c1)c1ccccc1n2-c1cccc2c1oc1c(C#N)cc(-c3ccc4oc5ccccc5c4c3)cc12. The molecule has 9 aromatic rings. The Morgan fingerprint density at radius 2 is 1.26 bits per heavy atom. The molecule has 0 saturated carbocycles. The van der Waals surface area contributed by atoms with Crippen molar-refractivity contribution in [3.05, 3.63) is 126 Å². The molecule has 0 radical (unpaired) electrons. The van der Waals surface area contributed by atoms with Gasteiger partial charge in [0, 0.05) is 32.3 Å². The van der Waals surface area contributed by atoms with Crippen LogP contribution in [-0.4, -0.2) is 4.57 Å². The Morgan fingerprint density at radius 1 is 0.488 bits per heavy atom. The van der Waals surface area contributed by atoms with Crippen LogP contribution in [0.3, 0.4) is 0 Å². The predicted molar refractivity (Wildman–Crippen MR) is 170 cm³/mol. The average Bonchev–Trinajstić information content (AvgIpc) is 3.73. The Labute approximate surface area is 244 Å². The van der Waals surface area contributed by atoms with Crippen LogP contribution in [-0.2, 0) is 0 Å². The van der Waals surface area contributed by atoms with E-state index in [1.165, 1.54) is 0 Å². The van der Waals surface area contributed by atoms with E-state index in [9.17, 15) is 10.5 Å². The molecule has 9 rings (SSSR count). The summed E-state index contributed by atoms with van der Waals surface area (Å²) < 4.78 is 14.8. The fraction of sp³-hybridized carbons (Fsp3) is 0. The minimum atomic E-state index is 0.479. The lowest BCUT2D eigenvalue weighted by atomic mass is 9.98. The number of furan rings is 2. The van der Waals surface area contributed by atoms with Crippen molar-refractivity contribution in [1.82, 2.24) is 4.57 Å². The first-order valence-corrected chi connectivity index (χ1v) is 14.0. The fourth-order valence-corrected chi connectivity index (χ4v) is 6.52. The number of para-hydroxylation sites is 3. The third-order valence-corrected chi connectivity index (χ3v) is 8.45. The van der Waals surface area contributed by atoms with E-state index >= 15 is 0 Å². The van der Waals surface area contributed by atoms with Crippen LogP contribution in [0.1, 0.15) is 11.1 Å². The Balaban J connectivity index is 1.31. The molecule has 5 heteroatoms. The van der Waals surface area contributed by atoms with Gasteiger partial charge in [-0.2, -0.15) is 10.5 Å². The number of hydrogen-bond acceptors (Lipinski definition) is 4. The van der Waals surface area contributed by atoms with Gasteiger partial charge in [-0.1, -0.05) is 54.6 Å². The zero-order valence-corrected chi connectivity index (χ0v) is 22.6. The van der Waals surface area contributed by atoms with Gasteiger partial charge in [0.15, 0.2) is 11.2 Å². The molecule has 0 amide bonds. The van der Waals surface area contributed by atoms with Gasteiger partial charge in [-0.3, -0.25) is 0 Å². The molecule has 0 aliphatic rings. The number of hydrogen-bond donors (Lipinski definition) is 0. The van der Waals surface area contributed by atoms with Gasteiger partial charge in [-0.25, -0.2) is 0 Å². The van der Waals surface area contributed by atoms with Crippen LogP contribution in [0, 0.1) is 22.7 Å². The summed E-state index contributed by atoms with van der Waals surface area (Å²) in [4.78, 5) is 0. The van der Waals surface area contributed by atoms with Crippen LogP contribution >= 0.6 is 0 Å². The monoisotopic (exact) mass is 549 g/mol. The summed E-state index contributed by atoms with van der Waals surface area (Å²) in [5.74, 6) is 0. The van der Waals surface area contributed by atoms with E-state index in [-0.39, 0.29) is 0 Å². The summed E-state index contributed by atoms with van der Waals surface area (Å²) in [5, 5.41) is 25.8. The molecule has 0 aliphatic heterocycles. The van der Waals surface area contributed by atoms with Gasteiger partial charge in [-0.05, 0) is 71.8 Å². The van der Waals surface area contributed by atoms with Crippen molar-refractivity contribution in [2.45, 2.75) is 0 Å². The van der Waals surface area contributed by atoms with E-state index in [1.54, 1.807) is 0 Å². The molecule has 0 fully saturated rings. The largest absolute Gasteiger partial charge is 0.456 e. The van der Waals surface area contributed by atoms with Crippen LogP contribution in [0.25, 0.3) is 82.5 Å². The highest BCUT2D eigenvalue weighted by molar-refractivity contribution is 6.14. The third-order valence-electron chi connectivity index (χ3n) is 8.45. The van der Waals surface area contributed by atoms with Gasteiger partial charge in [0.05, 0.1) is 33.9 Å². The molecule has 0 saturated heterocycles. The minimum absolute atomic E-state index is 0.479. The van der Waals surface area contributed by atoms with Gasteiger partial charge in [0.25, 0.3) is 0 Å². The van der Waals surface area contributed by atoms with E-state index < -0.39 is 0 Å². The molecule has 43 heavy (non-hydrogen) atoms. The zero-order valence-electron chi connectivity index (χ0n) is 22.6. The Hall–Kier alpha value is -6.30. The molecule has 0 N–H and O–H groups in total. The van der Waals surface area contributed by atoms with E-state index in [4.69, 9.17) is 8.83 Å². The molecular formula is C38H19N3O2. The summed E-state index contributed by atoms with van der Waals surface area (Å²) in [6.07, 6.45) is 0. The van der Waals surface area contributed by atoms with E-state index in [0.29, 0.717) is 22.3 Å². The lowest BCUT2D eigenvalue weighted by Gasteiger charge is -2.08. The first-order valence-electron chi connectivity index (χ1n) is 14.0. The molecule has 198 valence electrons. The number of nitrogens with zero attached hydrogens (tertiary/aromatic N) is 3. The second kappa shape index (κ2) is 8.60. The van der Waals surface area contributed by atoms with Crippen LogP contribution in [0.2, 0.25) is 0 Å². The number of rotatable bonds is 2. The van der Waals surface area contributed by atoms with Gasteiger partial charge >= 0.3 is 0 Å². The maximum Gasteiger partial charge on any atom is 0.159 e. The van der Waals surface area contributed by atoms with Crippen molar-refractivity contribution < 1.29 is 8.83 Å². The fourth-order valence-electron chi connectivity index (χ4n) is 6.52. The highest BCUT2D eigenvalue weighted by Crippen LogP contribution is 2.41. The van der Waals surface area contributed by atoms with E-state index in [1.807, 2.05) is 84.9 Å². The molecule has 0 bridgehead atoms. The summed E-state index contributed by atoms with van der Waals surface area (Å²) in [5.41, 5.74) is 8.86. The second-order valence-corrected chi connectivity index (χ2v) is 10.8. The summed E-state index contributed by atoms with van der Waals surface area (Å²) in [6, 6.07) is 42.9. The van der Waals surface area contributed by atoms with Crippen molar-refractivity contribution in [3.8, 4) is 29.0 Å². The molecular weight excluding hydrogens is 530 g/mol. The van der Waals surface area contributed by atoms with Crippen molar-refractivity contribution in [1.29, 1.82) is 10.5 Å². The van der Waals surface area contributed by atoms with Gasteiger partial charge in [-0.15, -0.1) is 0 Å². The lowest BCUT2D eigenvalue weighted by Crippen LogP contribution is -1.94. The van der Waals surface area contributed by atoms with Crippen LogP contribution in [0.4, 0.5) is 0 Å². The zero-order chi connectivity index (χ0) is 28.7. The van der Waals surface area contributed by atoms with Gasteiger partial charge in [0.2, 0.25) is 0 Å². The number of benzene rings is 6. The first kappa shape index (κ1) is 23.4. The normalized spacial score (nSPS) is 11.7. The molecule has 0 atom stereocenters. The second-order valence-electron chi connectivity index (χ2n) is 10.8. The van der Waals surface area contributed by atoms with Crippen LogP contribution < -0.4 is 0 Å². The molecule has 0 aliphatic carbocycles. The van der Waals surface area contributed by atoms with E-state index in [0.717, 1.165) is 71.3 Å². The molecule has 3 aromatic heterocycles. The van der Waals surface area contributed by atoms with Crippen molar-refractivity contribution in [2.24, 2.45) is 0 Å². The number of aromatic nitrogens is 1. The molecule has 0 unspecified atom stereocenters. The Bertz CT molecular complexity index is 2710. The lowest BCUT2D eigenvalue weighted by molar-refractivity contribution is 0.665. The average molecular weight is 550 g/mol. The summed E-state index contributed by atoms with van der Waals surface area (Å²) >= 11 is 0. The number of nitriles is 2. The highest BCUT2D eigenvalue weighted by Gasteiger charge is 2.20. The van der Waals surface area contributed by atoms with Crippen molar-refractivity contribution in [3.63, 3.8) is 0 Å². The maximum absolute atomic E-state index is 10.2. The van der Waals surface area contributed by atoms with Gasteiger partial charge < -0.3 is 13.4 Å². The predicted octanol–water partition coefficient (Wildman–Crippen LogP) is 9.99. The summed E-state index contributed by atoms with van der Waals surface area (Å²) in [7, 11) is 0. The third kappa shape index (κ3) is 3.25. The maximum atomic E-state index is 10.2. The topological polar surface area (TPSA) is 78.8 Å². The summed E-state index contributed by atoms with van der Waals surface area (Å²) in [6.45, 7) is 0. The van der Waals surface area contributed by atoms with Gasteiger partial charge in [0.1, 0.15) is 17.2 Å². The Morgan fingerprint density at radius 3 is 2.14 bits per heavy atom. The van der Waals surface area contributed by atoms with Crippen molar-refractivity contribution in [2.75, 3.05) is 0 Å². The highest BCUT2D eigenvalue weighted by atomic mass is 16.3. The Kier molecular flexibility index (Phi) is 4.68. The molecule has 3 heterocycles. The van der Waals surface area contributed by atoms with Crippen LogP contribution in [0.15, 0.2) is 124 Å². The van der Waals surface area contributed by atoms with Crippen molar-refractivity contribution >= 4 is 65.7 Å². The quantitative estimate of drug-likeness (QED) is 0.215. The smallest absolute Gasteiger partial charge is 0.159 e. The van der Waals surface area contributed by atoms with E-state index in [2.05, 4.69) is 47.0 Å². The first-order chi connectivity index (χ1) is 21.2. The minimum Gasteiger partial charge on any atom is -0.456 e. The molecule has 6 aromatic carbocycles.